The summed E-state index contributed by atoms with van der Waals surface area (Å²) in [4.78, 5) is 18.3. The van der Waals surface area contributed by atoms with Gasteiger partial charge in [0.05, 0.1) is 5.39 Å². The van der Waals surface area contributed by atoms with Crippen LogP contribution in [0.5, 0.6) is 5.88 Å². The number of carbonyl (C=O) groups is 1. The van der Waals surface area contributed by atoms with Crippen LogP contribution in [0, 0.1) is 0 Å². The van der Waals surface area contributed by atoms with Crippen molar-refractivity contribution >= 4 is 27.5 Å². The molecule has 2 aromatic rings. The maximum absolute atomic E-state index is 11.9. The number of hydrogen-bond acceptors (Lipinski definition) is 5. The molecule has 0 saturated heterocycles. The topological polar surface area (TPSA) is 52.1 Å². The molecule has 0 unspecified atom stereocenters. The lowest BCUT2D eigenvalue weighted by atomic mass is 10.4. The molecule has 0 N–H and O–H groups in total. The minimum atomic E-state index is -5.03. The van der Waals surface area contributed by atoms with Gasteiger partial charge >= 0.3 is 12.1 Å². The summed E-state index contributed by atoms with van der Waals surface area (Å²) in [5, 5.41) is 1.90. The molecule has 84 valence electrons. The summed E-state index contributed by atoms with van der Waals surface area (Å²) in [6.45, 7) is 0. The fraction of sp³-hybridized carbons (Fsp3) is 0.125. The third-order valence-corrected chi connectivity index (χ3v) is 2.47. The van der Waals surface area contributed by atoms with Crippen molar-refractivity contribution in [3.8, 4) is 5.88 Å². The maximum atomic E-state index is 11.9. The van der Waals surface area contributed by atoms with Crippen LogP contribution in [-0.4, -0.2) is 22.1 Å². The Balaban J connectivity index is 2.35. The number of thiophene rings is 1. The van der Waals surface area contributed by atoms with E-state index in [9.17, 15) is 18.0 Å². The third kappa shape index (κ3) is 1.96. The zero-order valence-corrected chi connectivity index (χ0v) is 8.30. The second kappa shape index (κ2) is 3.71. The van der Waals surface area contributed by atoms with E-state index in [-0.39, 0.29) is 11.3 Å². The van der Waals surface area contributed by atoms with Crippen molar-refractivity contribution < 1.29 is 22.7 Å². The minimum absolute atomic E-state index is 0.282. The molecule has 0 aliphatic rings. The van der Waals surface area contributed by atoms with Crippen LogP contribution in [0.15, 0.2) is 17.8 Å². The third-order valence-electron chi connectivity index (χ3n) is 1.65. The minimum Gasteiger partial charge on any atom is -0.400 e. The van der Waals surface area contributed by atoms with Gasteiger partial charge in [-0.05, 0) is 11.4 Å². The average Bonchev–Trinajstić information content (AvgIpc) is 2.65. The molecule has 0 fully saturated rings. The lowest BCUT2D eigenvalue weighted by Crippen LogP contribution is -2.28. The SMILES string of the molecule is O=C(Oc1ncnc2sccc12)C(F)(F)F. The van der Waals surface area contributed by atoms with Gasteiger partial charge < -0.3 is 4.74 Å². The lowest BCUT2D eigenvalue weighted by Gasteiger charge is -2.05. The molecule has 2 heterocycles. The van der Waals surface area contributed by atoms with Crippen LogP contribution in [0.4, 0.5) is 13.2 Å². The molecule has 0 spiro atoms. The molecule has 0 aliphatic heterocycles. The normalized spacial score (nSPS) is 11.7. The van der Waals surface area contributed by atoms with Crippen LogP contribution in [0.25, 0.3) is 10.2 Å². The summed E-state index contributed by atoms with van der Waals surface area (Å²) >= 11 is 1.21. The van der Waals surface area contributed by atoms with Gasteiger partial charge in [-0.15, -0.1) is 11.3 Å². The van der Waals surface area contributed by atoms with Crippen LogP contribution in [-0.2, 0) is 4.79 Å². The van der Waals surface area contributed by atoms with E-state index in [1.165, 1.54) is 17.4 Å². The molecule has 16 heavy (non-hydrogen) atoms. The van der Waals surface area contributed by atoms with Gasteiger partial charge in [0.25, 0.3) is 0 Å². The molecular weight excluding hydrogens is 245 g/mol. The molecule has 4 nitrogen and oxygen atoms in total. The number of carbonyl (C=O) groups excluding carboxylic acids is 1. The van der Waals surface area contributed by atoms with Crippen molar-refractivity contribution in [3.63, 3.8) is 0 Å². The first-order valence-corrected chi connectivity index (χ1v) is 4.83. The van der Waals surface area contributed by atoms with Crippen molar-refractivity contribution in [1.29, 1.82) is 0 Å². The standard InChI is InChI=1S/C8H3F3N2O2S/c9-8(10,11)7(14)15-5-4-1-2-16-6(4)13-3-12-5/h1-3H. The van der Waals surface area contributed by atoms with Crippen molar-refractivity contribution in [2.45, 2.75) is 6.18 Å². The van der Waals surface area contributed by atoms with E-state index in [0.29, 0.717) is 4.83 Å². The largest absolute Gasteiger partial charge is 0.491 e. The Morgan fingerprint density at radius 2 is 2.12 bits per heavy atom. The first-order valence-electron chi connectivity index (χ1n) is 3.95. The fourth-order valence-corrected chi connectivity index (χ4v) is 1.72. The molecule has 0 aliphatic carbocycles. The molecule has 0 aromatic carbocycles. The van der Waals surface area contributed by atoms with Crippen molar-refractivity contribution in [1.82, 2.24) is 9.97 Å². The number of hydrogen-bond donors (Lipinski definition) is 0. The Kier molecular flexibility index (Phi) is 2.50. The summed E-state index contributed by atoms with van der Waals surface area (Å²) in [6.07, 6.45) is -3.99. The molecule has 0 saturated carbocycles. The van der Waals surface area contributed by atoms with Crippen LogP contribution in [0.1, 0.15) is 0 Å². The van der Waals surface area contributed by atoms with Gasteiger partial charge in [-0.1, -0.05) is 0 Å². The molecule has 0 radical (unpaired) electrons. The highest BCUT2D eigenvalue weighted by atomic mass is 32.1. The van der Waals surface area contributed by atoms with Gasteiger partial charge in [-0.3, -0.25) is 0 Å². The maximum Gasteiger partial charge on any atom is 0.491 e. The number of fused-ring (bicyclic) bond motifs is 1. The summed E-state index contributed by atoms with van der Waals surface area (Å²) in [6, 6.07) is 1.49. The zero-order chi connectivity index (χ0) is 11.8. The number of halogens is 3. The summed E-state index contributed by atoms with van der Waals surface area (Å²) < 4.78 is 40.0. The summed E-state index contributed by atoms with van der Waals surface area (Å²) in [7, 11) is 0. The average molecular weight is 248 g/mol. The van der Waals surface area contributed by atoms with Crippen LogP contribution in [0.3, 0.4) is 0 Å². The number of ether oxygens (including phenoxy) is 1. The van der Waals surface area contributed by atoms with Crippen LogP contribution < -0.4 is 4.74 Å². The first-order chi connectivity index (χ1) is 7.48. The predicted octanol–water partition coefficient (Wildman–Crippen LogP) is 2.16. The van der Waals surface area contributed by atoms with Gasteiger partial charge in [0.15, 0.2) is 0 Å². The number of nitrogens with zero attached hydrogens (tertiary/aromatic N) is 2. The highest BCUT2D eigenvalue weighted by Gasteiger charge is 2.41. The summed E-state index contributed by atoms with van der Waals surface area (Å²) in [5.41, 5.74) is 0. The highest BCUT2D eigenvalue weighted by molar-refractivity contribution is 7.16. The van der Waals surface area contributed by atoms with E-state index < -0.39 is 12.1 Å². The second-order valence-electron chi connectivity index (χ2n) is 2.71. The van der Waals surface area contributed by atoms with Gasteiger partial charge in [-0.2, -0.15) is 13.2 Å². The van der Waals surface area contributed by atoms with Gasteiger partial charge in [0.1, 0.15) is 11.2 Å². The van der Waals surface area contributed by atoms with Gasteiger partial charge in [0.2, 0.25) is 5.88 Å². The van der Waals surface area contributed by atoms with E-state index in [2.05, 4.69) is 14.7 Å². The van der Waals surface area contributed by atoms with Crippen LogP contribution in [0.2, 0.25) is 0 Å². The Hall–Kier alpha value is -1.70. The van der Waals surface area contributed by atoms with E-state index in [1.54, 1.807) is 5.38 Å². The van der Waals surface area contributed by atoms with E-state index in [1.807, 2.05) is 0 Å². The van der Waals surface area contributed by atoms with Gasteiger partial charge in [0, 0.05) is 0 Å². The number of aromatic nitrogens is 2. The number of esters is 1. The predicted molar refractivity (Wildman–Crippen MR) is 49.1 cm³/mol. The number of rotatable bonds is 1. The van der Waals surface area contributed by atoms with Crippen molar-refractivity contribution in [2.24, 2.45) is 0 Å². The smallest absolute Gasteiger partial charge is 0.400 e. The fourth-order valence-electron chi connectivity index (χ4n) is 0.994. The number of alkyl halides is 3. The van der Waals surface area contributed by atoms with Crippen molar-refractivity contribution in [3.05, 3.63) is 17.8 Å². The lowest BCUT2D eigenvalue weighted by molar-refractivity contribution is -0.189. The quantitative estimate of drug-likeness (QED) is 0.725. The molecule has 8 heteroatoms. The Bertz CT molecular complexity index is 537. The Labute approximate surface area is 90.7 Å². The Morgan fingerprint density at radius 3 is 2.81 bits per heavy atom. The molecule has 2 rings (SSSR count). The highest BCUT2D eigenvalue weighted by Crippen LogP contribution is 2.27. The van der Waals surface area contributed by atoms with E-state index in [0.717, 1.165) is 6.33 Å². The van der Waals surface area contributed by atoms with E-state index >= 15 is 0 Å². The molecule has 0 bridgehead atoms. The van der Waals surface area contributed by atoms with Crippen LogP contribution >= 0.6 is 11.3 Å². The second-order valence-corrected chi connectivity index (χ2v) is 3.60. The molecule has 0 atom stereocenters. The molecular formula is C8H3F3N2O2S. The Morgan fingerprint density at radius 1 is 1.38 bits per heavy atom. The van der Waals surface area contributed by atoms with Crippen molar-refractivity contribution in [2.75, 3.05) is 0 Å². The zero-order valence-electron chi connectivity index (χ0n) is 7.49. The molecule has 2 aromatic heterocycles. The first kappa shape index (κ1) is 10.8. The summed E-state index contributed by atoms with van der Waals surface area (Å²) in [5.74, 6) is -2.67. The molecule has 0 amide bonds. The monoisotopic (exact) mass is 248 g/mol. The van der Waals surface area contributed by atoms with E-state index in [4.69, 9.17) is 0 Å². The van der Waals surface area contributed by atoms with Gasteiger partial charge in [-0.25, -0.2) is 14.8 Å².